The fraction of sp³-hybridized carbons (Fsp3) is 0.654. The van der Waals surface area contributed by atoms with E-state index in [-0.39, 0.29) is 77.5 Å². The van der Waals surface area contributed by atoms with Crippen molar-refractivity contribution >= 4 is 53.7 Å². The van der Waals surface area contributed by atoms with Gasteiger partial charge in [-0.15, -0.1) is 0 Å². The van der Waals surface area contributed by atoms with Gasteiger partial charge in [0.1, 0.15) is 24.2 Å². The molecule has 0 heterocycles. The van der Waals surface area contributed by atoms with Gasteiger partial charge in [0.05, 0.1) is 6.54 Å². The number of nitrogens with two attached hydrogens (primary N) is 5. The average Bonchev–Trinajstić information content (AvgIpc) is 3.01. The number of hydrogen-bond donors (Lipinski definition) is 14. The molecule has 278 valence electrons. The topological polar surface area (TPSA) is 400 Å². The number of nitrogens with one attached hydrogen (secondary N) is 8. The largest absolute Gasteiger partial charge is 0.480 e. The van der Waals surface area contributed by atoms with Crippen molar-refractivity contribution in [2.24, 2.45) is 28.7 Å². The molecule has 0 saturated heterocycles. The summed E-state index contributed by atoms with van der Waals surface area (Å²) in [6.07, 6.45) is 0.224. The predicted molar refractivity (Wildman–Crippen MR) is 172 cm³/mol. The van der Waals surface area contributed by atoms with Crippen LogP contribution in [-0.4, -0.2) is 116 Å². The Morgan fingerprint density at radius 3 is 0.980 bits per heavy atom. The number of aliphatic carboxylic acids is 1. The van der Waals surface area contributed by atoms with Crippen molar-refractivity contribution < 1.29 is 48.3 Å². The van der Waals surface area contributed by atoms with E-state index in [1.807, 2.05) is 0 Å². The Bertz CT molecular complexity index is 1160. The number of amides is 12. The van der Waals surface area contributed by atoms with Gasteiger partial charge < -0.3 is 76.3 Å². The zero-order chi connectivity index (χ0) is 37.4. The number of primary amides is 4. The third-order valence-corrected chi connectivity index (χ3v) is 6.59. The van der Waals surface area contributed by atoms with Crippen LogP contribution >= 0.6 is 0 Å². The summed E-state index contributed by atoms with van der Waals surface area (Å²) < 4.78 is 0. The Morgan fingerprint density at radius 2 is 0.714 bits per heavy atom. The summed E-state index contributed by atoms with van der Waals surface area (Å²) in [5, 5.41) is 28.7. The van der Waals surface area contributed by atoms with Gasteiger partial charge in [0, 0.05) is 26.2 Å². The number of carboxylic acid groups (broad SMARTS) is 1. The van der Waals surface area contributed by atoms with Crippen LogP contribution in [-0.2, 0) is 24.0 Å². The molecule has 23 heteroatoms. The van der Waals surface area contributed by atoms with Crippen molar-refractivity contribution in [1.82, 2.24) is 42.5 Å². The van der Waals surface area contributed by atoms with Gasteiger partial charge in [0.15, 0.2) is 0 Å². The fourth-order valence-corrected chi connectivity index (χ4v) is 4.21. The van der Waals surface area contributed by atoms with Gasteiger partial charge in [-0.1, -0.05) is 0 Å². The van der Waals surface area contributed by atoms with Crippen LogP contribution in [0.2, 0.25) is 0 Å². The van der Waals surface area contributed by atoms with Gasteiger partial charge in [0.2, 0.25) is 23.6 Å². The van der Waals surface area contributed by atoms with Crippen molar-refractivity contribution in [2.75, 3.05) is 32.7 Å². The molecule has 0 radical (unpaired) electrons. The zero-order valence-electron chi connectivity index (χ0n) is 27.0. The molecule has 49 heavy (non-hydrogen) atoms. The highest BCUT2D eigenvalue weighted by Gasteiger charge is 2.31. The van der Waals surface area contributed by atoms with E-state index in [1.54, 1.807) is 0 Å². The first kappa shape index (κ1) is 43.4. The molecular formula is C26H49N13O10. The molecule has 0 spiro atoms. The number of carbonyl (C=O) groups excluding carboxylic acids is 8. The van der Waals surface area contributed by atoms with Crippen LogP contribution in [0.25, 0.3) is 0 Å². The van der Waals surface area contributed by atoms with Gasteiger partial charge >= 0.3 is 30.1 Å². The first-order valence-corrected chi connectivity index (χ1v) is 15.3. The molecule has 0 aliphatic heterocycles. The van der Waals surface area contributed by atoms with Crippen LogP contribution in [0, 0.1) is 0 Å². The molecule has 12 amide bonds. The second-order valence-corrected chi connectivity index (χ2v) is 10.6. The van der Waals surface area contributed by atoms with E-state index in [2.05, 4.69) is 42.5 Å². The van der Waals surface area contributed by atoms with Crippen LogP contribution in [0.4, 0.5) is 19.2 Å². The molecule has 0 aliphatic carbocycles. The smallest absolute Gasteiger partial charge is 0.326 e. The van der Waals surface area contributed by atoms with Gasteiger partial charge in [-0.3, -0.25) is 19.2 Å². The van der Waals surface area contributed by atoms with Gasteiger partial charge in [-0.05, 0) is 51.4 Å². The Morgan fingerprint density at radius 1 is 0.449 bits per heavy atom. The minimum Gasteiger partial charge on any atom is -0.480 e. The lowest BCUT2D eigenvalue weighted by atomic mass is 10.0. The van der Waals surface area contributed by atoms with Gasteiger partial charge in [-0.2, -0.15) is 0 Å². The molecule has 0 saturated carbocycles. The third-order valence-electron chi connectivity index (χ3n) is 6.59. The van der Waals surface area contributed by atoms with Crippen LogP contribution in [0.1, 0.15) is 51.4 Å². The molecule has 0 rings (SSSR count). The summed E-state index contributed by atoms with van der Waals surface area (Å²) in [5.74, 6) is -4.68. The standard InChI is InChI=1S/C26H49N13O10/c27-13-18(40)36-14(5-1-9-32-23(28)46)19(41)37-15(6-2-10-33-24(29)47)20(42)38-16(7-3-11-34-25(30)48)21(43)39-17(22(44)45)8-4-12-35-26(31)49/h14-17H,1-13,27H2,(H,36,40)(H,37,41)(H,38,42)(H,39,43)(H,44,45)(H3,28,32,46)(H3,29,33,47)(H3,30,34,48)(H3,31,35,49)/t14-,15-,16-,17-/m0/s1. The Labute approximate surface area is 281 Å². The highest BCUT2D eigenvalue weighted by atomic mass is 16.4. The van der Waals surface area contributed by atoms with Crippen molar-refractivity contribution in [1.29, 1.82) is 0 Å². The van der Waals surface area contributed by atoms with E-state index in [9.17, 15) is 48.3 Å². The molecule has 19 N–H and O–H groups in total. The van der Waals surface area contributed by atoms with Crippen LogP contribution in [0.5, 0.6) is 0 Å². The van der Waals surface area contributed by atoms with E-state index in [0.717, 1.165) is 0 Å². The molecule has 23 nitrogen and oxygen atoms in total. The Hall–Kier alpha value is -5.61. The predicted octanol–water partition coefficient (Wildman–Crippen LogP) is -5.24. The second kappa shape index (κ2) is 24.5. The van der Waals surface area contributed by atoms with Crippen LogP contribution < -0.4 is 71.2 Å². The molecular weight excluding hydrogens is 654 g/mol. The Kier molecular flexibility index (Phi) is 21.7. The maximum Gasteiger partial charge on any atom is 0.326 e. The van der Waals surface area contributed by atoms with E-state index in [1.165, 1.54) is 0 Å². The van der Waals surface area contributed by atoms with Crippen LogP contribution in [0.3, 0.4) is 0 Å². The van der Waals surface area contributed by atoms with E-state index < -0.39 is 84.4 Å². The number of carboxylic acids is 1. The van der Waals surface area contributed by atoms with Crippen molar-refractivity contribution in [3.05, 3.63) is 0 Å². The van der Waals surface area contributed by atoms with Crippen molar-refractivity contribution in [2.45, 2.75) is 75.5 Å². The summed E-state index contributed by atoms with van der Waals surface area (Å²) in [5.41, 5.74) is 25.6. The summed E-state index contributed by atoms with van der Waals surface area (Å²) in [6, 6.07) is -8.63. The van der Waals surface area contributed by atoms with Gasteiger partial charge in [0.25, 0.3) is 0 Å². The number of carbonyl (C=O) groups is 9. The zero-order valence-corrected chi connectivity index (χ0v) is 27.0. The first-order valence-electron chi connectivity index (χ1n) is 15.3. The Balaban J connectivity index is 6.03. The summed E-state index contributed by atoms with van der Waals surface area (Å²) in [6.45, 7) is -0.335. The monoisotopic (exact) mass is 703 g/mol. The van der Waals surface area contributed by atoms with E-state index >= 15 is 0 Å². The van der Waals surface area contributed by atoms with Crippen LogP contribution in [0.15, 0.2) is 0 Å². The summed E-state index contributed by atoms with van der Waals surface area (Å²) in [4.78, 5) is 108. The molecule has 0 aliphatic rings. The lowest BCUT2D eigenvalue weighted by Crippen LogP contribution is -2.58. The molecule has 0 bridgehead atoms. The lowest BCUT2D eigenvalue weighted by Gasteiger charge is -2.26. The van der Waals surface area contributed by atoms with Crippen molar-refractivity contribution in [3.8, 4) is 0 Å². The number of hydrogen-bond acceptors (Lipinski definition) is 10. The summed E-state index contributed by atoms with van der Waals surface area (Å²) in [7, 11) is 0. The van der Waals surface area contributed by atoms with E-state index in [0.29, 0.717) is 0 Å². The lowest BCUT2D eigenvalue weighted by molar-refractivity contribution is -0.142. The highest BCUT2D eigenvalue weighted by Crippen LogP contribution is 2.07. The van der Waals surface area contributed by atoms with Gasteiger partial charge in [-0.25, -0.2) is 24.0 Å². The molecule has 4 atom stereocenters. The first-order chi connectivity index (χ1) is 23.1. The maximum atomic E-state index is 13.5. The molecule has 0 aromatic carbocycles. The molecule has 0 fully saturated rings. The maximum absolute atomic E-state index is 13.5. The van der Waals surface area contributed by atoms with Crippen molar-refractivity contribution in [3.63, 3.8) is 0 Å². The third kappa shape index (κ3) is 21.7. The number of urea groups is 4. The second-order valence-electron chi connectivity index (χ2n) is 10.6. The SMILES string of the molecule is NCC(=O)N[C@@H](CCCNC(N)=O)C(=O)N[C@@H](CCCNC(N)=O)C(=O)N[C@@H](CCCNC(N)=O)C(=O)N[C@@H](CCCNC(N)=O)C(=O)O. The normalized spacial score (nSPS) is 12.8. The average molecular weight is 704 g/mol. The fourth-order valence-electron chi connectivity index (χ4n) is 4.21. The molecule has 0 aromatic heterocycles. The highest BCUT2D eigenvalue weighted by molar-refractivity contribution is 5.95. The number of rotatable bonds is 25. The quantitative estimate of drug-likeness (QED) is 0.0398. The molecule has 0 unspecified atom stereocenters. The van der Waals surface area contributed by atoms with E-state index in [4.69, 9.17) is 28.7 Å². The summed E-state index contributed by atoms with van der Waals surface area (Å²) >= 11 is 0. The minimum atomic E-state index is -1.42. The molecule has 0 aromatic rings. The minimum absolute atomic E-state index is 0.00114.